The van der Waals surface area contributed by atoms with Gasteiger partial charge in [-0.25, -0.2) is 13.1 Å². The van der Waals surface area contributed by atoms with Crippen molar-refractivity contribution in [3.8, 4) is 5.75 Å². The molecule has 0 amide bonds. The van der Waals surface area contributed by atoms with Crippen molar-refractivity contribution >= 4 is 10.0 Å². The summed E-state index contributed by atoms with van der Waals surface area (Å²) >= 11 is 0. The second-order valence-electron chi connectivity index (χ2n) is 5.30. The van der Waals surface area contributed by atoms with E-state index < -0.39 is 10.0 Å². The molecule has 1 aromatic rings. The predicted molar refractivity (Wildman–Crippen MR) is 71.6 cm³/mol. The normalized spacial score (nSPS) is 22.7. The van der Waals surface area contributed by atoms with Crippen LogP contribution >= 0.6 is 0 Å². The smallest absolute Gasteiger partial charge is 0.240 e. The van der Waals surface area contributed by atoms with E-state index in [1.807, 2.05) is 6.92 Å². The first-order chi connectivity index (χ1) is 8.97. The number of aryl methyl sites for hydroxylation is 1. The molecule has 3 rings (SSSR count). The second kappa shape index (κ2) is 4.47. The summed E-state index contributed by atoms with van der Waals surface area (Å²) in [6, 6.07) is 3.25. The first kappa shape index (κ1) is 12.9. The second-order valence-corrected chi connectivity index (χ2v) is 7.01. The Morgan fingerprint density at radius 1 is 1.32 bits per heavy atom. The van der Waals surface area contributed by atoms with Crippen LogP contribution in [0.2, 0.25) is 0 Å². The van der Waals surface area contributed by atoms with Crippen LogP contribution in [0.25, 0.3) is 0 Å². The molecule has 0 radical (unpaired) electrons. The zero-order valence-electron chi connectivity index (χ0n) is 10.8. The molecule has 1 aliphatic carbocycles. The minimum atomic E-state index is -3.44. The summed E-state index contributed by atoms with van der Waals surface area (Å²) in [5.74, 6) is 0.740. The number of hydrogen-bond acceptors (Lipinski definition) is 4. The summed E-state index contributed by atoms with van der Waals surface area (Å²) < 4.78 is 32.7. The summed E-state index contributed by atoms with van der Waals surface area (Å²) in [5.41, 5.74) is 7.66. The number of benzene rings is 1. The Bertz CT molecular complexity index is 609. The van der Waals surface area contributed by atoms with Crippen LogP contribution < -0.4 is 15.2 Å². The van der Waals surface area contributed by atoms with E-state index in [0.29, 0.717) is 13.0 Å². The van der Waals surface area contributed by atoms with Gasteiger partial charge >= 0.3 is 0 Å². The fourth-order valence-corrected chi connectivity index (χ4v) is 3.75. The van der Waals surface area contributed by atoms with Gasteiger partial charge in [0.15, 0.2) is 0 Å². The Labute approximate surface area is 113 Å². The van der Waals surface area contributed by atoms with Gasteiger partial charge in [0.05, 0.1) is 11.5 Å². The zero-order chi connectivity index (χ0) is 13.6. The Morgan fingerprint density at radius 2 is 2.05 bits per heavy atom. The maximum Gasteiger partial charge on any atom is 0.240 e. The van der Waals surface area contributed by atoms with Crippen molar-refractivity contribution in [2.24, 2.45) is 5.73 Å². The van der Waals surface area contributed by atoms with E-state index >= 15 is 0 Å². The van der Waals surface area contributed by atoms with Gasteiger partial charge in [-0.3, -0.25) is 0 Å². The van der Waals surface area contributed by atoms with Gasteiger partial charge in [-0.15, -0.1) is 0 Å². The van der Waals surface area contributed by atoms with Crippen molar-refractivity contribution in [2.45, 2.75) is 43.2 Å². The molecule has 19 heavy (non-hydrogen) atoms. The van der Waals surface area contributed by atoms with Crippen molar-refractivity contribution in [1.82, 2.24) is 4.72 Å². The van der Waals surface area contributed by atoms with E-state index in [1.54, 1.807) is 12.1 Å². The molecule has 0 spiro atoms. The number of rotatable bonds is 3. The van der Waals surface area contributed by atoms with Gasteiger partial charge in [0.25, 0.3) is 0 Å². The monoisotopic (exact) mass is 282 g/mol. The highest BCUT2D eigenvalue weighted by atomic mass is 32.2. The fourth-order valence-electron chi connectivity index (χ4n) is 2.33. The molecule has 3 N–H and O–H groups in total. The average molecular weight is 282 g/mol. The molecule has 1 fully saturated rings. The summed E-state index contributed by atoms with van der Waals surface area (Å²) in [6.07, 6.45) is 2.56. The van der Waals surface area contributed by atoms with Crippen LogP contribution in [0.1, 0.15) is 36.4 Å². The molecule has 104 valence electrons. The molecule has 1 aliphatic heterocycles. The van der Waals surface area contributed by atoms with Crippen molar-refractivity contribution in [3.63, 3.8) is 0 Å². The van der Waals surface area contributed by atoms with E-state index in [4.69, 9.17) is 10.5 Å². The van der Waals surface area contributed by atoms with Gasteiger partial charge in [0.1, 0.15) is 5.75 Å². The highest BCUT2D eigenvalue weighted by Crippen LogP contribution is 2.36. The van der Waals surface area contributed by atoms with Crippen LogP contribution in [0, 0.1) is 6.92 Å². The van der Waals surface area contributed by atoms with Crippen molar-refractivity contribution < 1.29 is 13.2 Å². The zero-order valence-corrected chi connectivity index (χ0v) is 11.7. The molecular weight excluding hydrogens is 264 g/mol. The van der Waals surface area contributed by atoms with E-state index in [9.17, 15) is 8.42 Å². The van der Waals surface area contributed by atoms with Crippen LogP contribution in [0.4, 0.5) is 0 Å². The standard InChI is InChI=1S/C13H18N2O3S/c1-8-6-10(19(16,17)15-9-2-3-9)7-11-12(14)4-5-18-13(8)11/h6-7,9,12,15H,2-5,14H2,1H3. The van der Waals surface area contributed by atoms with Crippen LogP contribution in [-0.2, 0) is 10.0 Å². The van der Waals surface area contributed by atoms with Gasteiger partial charge in [0.2, 0.25) is 10.0 Å². The minimum absolute atomic E-state index is 0.103. The topological polar surface area (TPSA) is 81.4 Å². The van der Waals surface area contributed by atoms with Crippen molar-refractivity contribution in [1.29, 1.82) is 0 Å². The Kier molecular flexibility index (Phi) is 3.03. The molecular formula is C13H18N2O3S. The molecule has 0 bridgehead atoms. The van der Waals surface area contributed by atoms with Crippen LogP contribution in [0.15, 0.2) is 17.0 Å². The summed E-state index contributed by atoms with van der Waals surface area (Å²) in [6.45, 7) is 2.44. The first-order valence-electron chi connectivity index (χ1n) is 6.52. The number of hydrogen-bond donors (Lipinski definition) is 2. The molecule has 1 atom stereocenters. The SMILES string of the molecule is Cc1cc(S(=O)(=O)NC2CC2)cc2c1OCCC2N. The van der Waals surface area contributed by atoms with Crippen LogP contribution in [0.5, 0.6) is 5.75 Å². The fraction of sp³-hybridized carbons (Fsp3) is 0.538. The maximum atomic E-state index is 12.2. The molecule has 0 saturated heterocycles. The van der Waals surface area contributed by atoms with Gasteiger partial charge in [0, 0.05) is 24.1 Å². The van der Waals surface area contributed by atoms with E-state index in [2.05, 4.69) is 4.72 Å². The van der Waals surface area contributed by atoms with Gasteiger partial charge in [-0.1, -0.05) is 0 Å². The van der Waals surface area contributed by atoms with Crippen molar-refractivity contribution in [2.75, 3.05) is 6.61 Å². The van der Waals surface area contributed by atoms with E-state index in [1.165, 1.54) is 0 Å². The average Bonchev–Trinajstić information content (AvgIpc) is 3.13. The molecule has 2 aliphatic rings. The van der Waals surface area contributed by atoms with Crippen molar-refractivity contribution in [3.05, 3.63) is 23.3 Å². The summed E-state index contributed by atoms with van der Waals surface area (Å²) in [5, 5.41) is 0. The number of ether oxygens (including phenoxy) is 1. The largest absolute Gasteiger partial charge is 0.493 e. The molecule has 0 aromatic heterocycles. The highest BCUT2D eigenvalue weighted by Gasteiger charge is 2.30. The summed E-state index contributed by atoms with van der Waals surface area (Å²) in [7, 11) is -3.44. The number of nitrogens with one attached hydrogen (secondary N) is 1. The third-order valence-electron chi connectivity index (χ3n) is 3.56. The lowest BCUT2D eigenvalue weighted by Crippen LogP contribution is -2.27. The molecule has 1 unspecified atom stereocenters. The highest BCUT2D eigenvalue weighted by molar-refractivity contribution is 7.89. The Morgan fingerprint density at radius 3 is 2.74 bits per heavy atom. The predicted octanol–water partition coefficient (Wildman–Crippen LogP) is 1.22. The number of nitrogens with two attached hydrogens (primary N) is 1. The maximum absolute atomic E-state index is 12.2. The Hall–Kier alpha value is -1.11. The lowest BCUT2D eigenvalue weighted by molar-refractivity contribution is 0.266. The molecule has 5 nitrogen and oxygen atoms in total. The molecule has 1 saturated carbocycles. The third kappa shape index (κ3) is 2.48. The number of sulfonamides is 1. The van der Waals surface area contributed by atoms with Gasteiger partial charge < -0.3 is 10.5 Å². The van der Waals surface area contributed by atoms with Crippen LogP contribution in [0.3, 0.4) is 0 Å². The minimum Gasteiger partial charge on any atom is -0.493 e. The first-order valence-corrected chi connectivity index (χ1v) is 8.01. The molecule has 6 heteroatoms. The lowest BCUT2D eigenvalue weighted by atomic mass is 9.99. The van der Waals surface area contributed by atoms with Crippen LogP contribution in [-0.4, -0.2) is 21.1 Å². The molecule has 1 aromatic carbocycles. The van der Waals surface area contributed by atoms with Gasteiger partial charge in [-0.05, 0) is 37.5 Å². The Balaban J connectivity index is 2.03. The number of fused-ring (bicyclic) bond motifs is 1. The lowest BCUT2D eigenvalue weighted by Gasteiger charge is -2.25. The van der Waals surface area contributed by atoms with E-state index in [-0.39, 0.29) is 17.0 Å². The summed E-state index contributed by atoms with van der Waals surface area (Å²) in [4.78, 5) is 0.289. The quantitative estimate of drug-likeness (QED) is 0.873. The molecule has 1 heterocycles. The van der Waals surface area contributed by atoms with Gasteiger partial charge in [-0.2, -0.15) is 0 Å². The third-order valence-corrected chi connectivity index (χ3v) is 5.06. The van der Waals surface area contributed by atoms with E-state index in [0.717, 1.165) is 29.7 Å².